The van der Waals surface area contributed by atoms with Gasteiger partial charge in [0.15, 0.2) is 17.5 Å². The van der Waals surface area contributed by atoms with Crippen molar-refractivity contribution in [2.45, 2.75) is 71.1 Å². The summed E-state index contributed by atoms with van der Waals surface area (Å²) >= 11 is 0. The molecular weight excluding hydrogens is 400 g/mol. The van der Waals surface area contributed by atoms with E-state index in [2.05, 4.69) is 13.0 Å². The molecule has 0 heterocycles. The summed E-state index contributed by atoms with van der Waals surface area (Å²) in [4.78, 5) is 0. The van der Waals surface area contributed by atoms with Crippen molar-refractivity contribution in [2.24, 2.45) is 11.8 Å². The minimum Gasteiger partial charge on any atom is -0.206 e. The third-order valence-corrected chi connectivity index (χ3v) is 7.13. The fourth-order valence-electron chi connectivity index (χ4n) is 5.29. The van der Waals surface area contributed by atoms with Crippen LogP contribution >= 0.6 is 0 Å². The molecular formula is C27H30F4. The third-order valence-electron chi connectivity index (χ3n) is 7.13. The van der Waals surface area contributed by atoms with Crippen molar-refractivity contribution in [3.05, 3.63) is 64.2 Å². The molecule has 0 aliphatic heterocycles. The minimum absolute atomic E-state index is 0.0212. The number of unbranched alkanes of at least 4 members (excludes halogenated alkanes) is 2. The zero-order valence-corrected chi connectivity index (χ0v) is 18.1. The van der Waals surface area contributed by atoms with Crippen molar-refractivity contribution in [1.29, 1.82) is 0 Å². The zero-order valence-electron chi connectivity index (χ0n) is 18.1. The Morgan fingerprint density at radius 1 is 0.806 bits per heavy atom. The summed E-state index contributed by atoms with van der Waals surface area (Å²) in [6.07, 6.45) is 14.1. The van der Waals surface area contributed by atoms with E-state index in [1.54, 1.807) is 6.07 Å². The molecule has 2 aliphatic rings. The van der Waals surface area contributed by atoms with Gasteiger partial charge in [0.2, 0.25) is 0 Å². The number of halogens is 4. The van der Waals surface area contributed by atoms with Crippen LogP contribution in [0.1, 0.15) is 75.8 Å². The molecule has 0 atom stereocenters. The van der Waals surface area contributed by atoms with Gasteiger partial charge in [-0.2, -0.15) is 0 Å². The van der Waals surface area contributed by atoms with Crippen molar-refractivity contribution in [1.82, 2.24) is 0 Å². The first-order valence-electron chi connectivity index (χ1n) is 11.6. The molecule has 2 aromatic rings. The van der Waals surface area contributed by atoms with Crippen LogP contribution in [0.2, 0.25) is 0 Å². The Morgan fingerprint density at radius 3 is 2.19 bits per heavy atom. The molecule has 1 saturated carbocycles. The fourth-order valence-corrected chi connectivity index (χ4v) is 5.29. The van der Waals surface area contributed by atoms with Crippen LogP contribution in [-0.2, 0) is 6.42 Å². The van der Waals surface area contributed by atoms with Crippen LogP contribution in [0.5, 0.6) is 0 Å². The second-order valence-electron chi connectivity index (χ2n) is 9.22. The molecule has 0 nitrogen and oxygen atoms in total. The monoisotopic (exact) mass is 430 g/mol. The second kappa shape index (κ2) is 9.58. The Bertz CT molecular complexity index is 944. The number of allylic oxidation sites excluding steroid dienone is 1. The number of hydrogen-bond acceptors (Lipinski definition) is 0. The maximum absolute atomic E-state index is 14.8. The molecule has 0 unspecified atom stereocenters. The first kappa shape index (κ1) is 22.1. The van der Waals surface area contributed by atoms with Crippen LogP contribution in [0.15, 0.2) is 29.8 Å². The van der Waals surface area contributed by atoms with Crippen molar-refractivity contribution in [3.63, 3.8) is 0 Å². The van der Waals surface area contributed by atoms with Crippen LogP contribution in [0.3, 0.4) is 0 Å². The van der Waals surface area contributed by atoms with Crippen LogP contribution in [0.4, 0.5) is 17.6 Å². The van der Waals surface area contributed by atoms with Gasteiger partial charge in [-0.15, -0.1) is 0 Å². The van der Waals surface area contributed by atoms with E-state index in [4.69, 9.17) is 0 Å². The highest BCUT2D eigenvalue weighted by molar-refractivity contribution is 5.70. The molecule has 0 amide bonds. The molecule has 4 heteroatoms. The summed E-state index contributed by atoms with van der Waals surface area (Å²) in [6.45, 7) is 2.24. The van der Waals surface area contributed by atoms with E-state index >= 15 is 0 Å². The fraction of sp³-hybridized carbons (Fsp3) is 0.481. The minimum atomic E-state index is -1.53. The highest BCUT2D eigenvalue weighted by Crippen LogP contribution is 2.40. The number of aryl methyl sites for hydroxylation is 1. The molecule has 31 heavy (non-hydrogen) atoms. The van der Waals surface area contributed by atoms with E-state index < -0.39 is 23.3 Å². The number of benzene rings is 2. The molecule has 2 aromatic carbocycles. The van der Waals surface area contributed by atoms with E-state index in [-0.39, 0.29) is 11.1 Å². The lowest BCUT2D eigenvalue weighted by atomic mass is 9.74. The van der Waals surface area contributed by atoms with Crippen LogP contribution < -0.4 is 0 Å². The molecule has 1 fully saturated rings. The predicted octanol–water partition coefficient (Wildman–Crippen LogP) is 8.63. The van der Waals surface area contributed by atoms with Crippen LogP contribution in [0.25, 0.3) is 17.2 Å². The lowest BCUT2D eigenvalue weighted by molar-refractivity contribution is 0.279. The number of hydrogen-bond donors (Lipinski definition) is 0. The summed E-state index contributed by atoms with van der Waals surface area (Å²) in [6, 6.07) is 4.83. The van der Waals surface area contributed by atoms with E-state index in [0.717, 1.165) is 42.0 Å². The standard InChI is InChI=1S/C27H30F4/c1-2-3-4-5-17-6-8-18(9-7-17)19-10-11-20-13-23(24(28)14-21(20)12-19)22-15-25(29)27(31)26(30)16-22/h12-18H,2-11H2,1H3. The average molecular weight is 431 g/mol. The lowest BCUT2D eigenvalue weighted by Crippen LogP contribution is -2.18. The molecule has 0 saturated heterocycles. The Morgan fingerprint density at radius 2 is 1.52 bits per heavy atom. The molecule has 0 aromatic heterocycles. The van der Waals surface area contributed by atoms with Crippen molar-refractivity contribution in [2.75, 3.05) is 0 Å². The van der Waals surface area contributed by atoms with Gasteiger partial charge < -0.3 is 0 Å². The maximum atomic E-state index is 14.8. The molecule has 4 rings (SSSR count). The van der Waals surface area contributed by atoms with Gasteiger partial charge in [-0.05, 0) is 91.3 Å². The van der Waals surface area contributed by atoms with Gasteiger partial charge in [-0.1, -0.05) is 44.3 Å². The Hall–Kier alpha value is -2.10. The highest BCUT2D eigenvalue weighted by atomic mass is 19.2. The summed E-state index contributed by atoms with van der Waals surface area (Å²) in [5, 5.41) is 0. The normalized spacial score (nSPS) is 21.0. The molecule has 0 bridgehead atoms. The quantitative estimate of drug-likeness (QED) is 0.244. The van der Waals surface area contributed by atoms with E-state index in [1.165, 1.54) is 63.0 Å². The maximum Gasteiger partial charge on any atom is 0.194 e. The van der Waals surface area contributed by atoms with Gasteiger partial charge >= 0.3 is 0 Å². The molecule has 166 valence electrons. The highest BCUT2D eigenvalue weighted by Gasteiger charge is 2.26. The zero-order chi connectivity index (χ0) is 22.0. The second-order valence-corrected chi connectivity index (χ2v) is 9.22. The Labute approximate surface area is 182 Å². The van der Waals surface area contributed by atoms with Gasteiger partial charge in [-0.3, -0.25) is 0 Å². The van der Waals surface area contributed by atoms with Crippen molar-refractivity contribution in [3.8, 4) is 11.1 Å². The largest absolute Gasteiger partial charge is 0.206 e. The Kier molecular flexibility index (Phi) is 6.83. The molecule has 0 N–H and O–H groups in total. The Balaban J connectivity index is 1.50. The summed E-state index contributed by atoms with van der Waals surface area (Å²) < 4.78 is 55.3. The summed E-state index contributed by atoms with van der Waals surface area (Å²) in [5.41, 5.74) is 3.37. The average Bonchev–Trinajstić information content (AvgIpc) is 2.77. The first-order chi connectivity index (χ1) is 15.0. The summed E-state index contributed by atoms with van der Waals surface area (Å²) in [7, 11) is 0. The lowest BCUT2D eigenvalue weighted by Gasteiger charge is -2.32. The summed E-state index contributed by atoms with van der Waals surface area (Å²) in [5.74, 6) is -3.25. The van der Waals surface area contributed by atoms with Crippen molar-refractivity contribution >= 4 is 6.08 Å². The van der Waals surface area contributed by atoms with Crippen LogP contribution in [0, 0.1) is 35.1 Å². The molecule has 2 aliphatic carbocycles. The predicted molar refractivity (Wildman–Crippen MR) is 118 cm³/mol. The van der Waals surface area contributed by atoms with E-state index in [0.29, 0.717) is 5.92 Å². The van der Waals surface area contributed by atoms with Gasteiger partial charge in [0.05, 0.1) is 0 Å². The first-order valence-corrected chi connectivity index (χ1v) is 11.6. The molecule has 0 spiro atoms. The smallest absolute Gasteiger partial charge is 0.194 e. The van der Waals surface area contributed by atoms with Gasteiger partial charge in [0.25, 0.3) is 0 Å². The SMILES string of the molecule is CCCCCC1CCC(C2=Cc3cc(F)c(-c4cc(F)c(F)c(F)c4)cc3CC2)CC1. The van der Waals surface area contributed by atoms with Gasteiger partial charge in [0, 0.05) is 5.56 Å². The van der Waals surface area contributed by atoms with Gasteiger partial charge in [0.1, 0.15) is 5.82 Å². The number of rotatable bonds is 6. The van der Waals surface area contributed by atoms with E-state index in [9.17, 15) is 17.6 Å². The van der Waals surface area contributed by atoms with Crippen LogP contribution in [-0.4, -0.2) is 0 Å². The van der Waals surface area contributed by atoms with Crippen molar-refractivity contribution < 1.29 is 17.6 Å². The third kappa shape index (κ3) is 4.88. The number of fused-ring (bicyclic) bond motifs is 1. The van der Waals surface area contributed by atoms with Gasteiger partial charge in [-0.25, -0.2) is 17.6 Å². The van der Waals surface area contributed by atoms with E-state index in [1.807, 2.05) is 0 Å². The molecule has 0 radical (unpaired) electrons. The topological polar surface area (TPSA) is 0 Å².